The summed E-state index contributed by atoms with van der Waals surface area (Å²) in [4.78, 5) is 18.6. The molecule has 0 spiro atoms. The lowest BCUT2D eigenvalue weighted by Gasteiger charge is -2.24. The molecule has 1 aliphatic heterocycles. The average Bonchev–Trinajstić information content (AvgIpc) is 3.15. The quantitative estimate of drug-likeness (QED) is 0.437. The largest absolute Gasteiger partial charge is 0.385 e. The Labute approximate surface area is 169 Å². The highest BCUT2D eigenvalue weighted by atomic mass is 35.5. The molecule has 28 heavy (non-hydrogen) atoms. The average molecular weight is 407 g/mol. The minimum atomic E-state index is -0.634. The van der Waals surface area contributed by atoms with Crippen LogP contribution >= 0.6 is 11.6 Å². The number of ether oxygens (including phenoxy) is 2. The molecule has 3 rings (SSSR count). The van der Waals surface area contributed by atoms with E-state index in [2.05, 4.69) is 39.6 Å². The third-order valence-corrected chi connectivity index (χ3v) is 5.35. The number of hydrogen-bond donors (Lipinski definition) is 3. The summed E-state index contributed by atoms with van der Waals surface area (Å²) in [5.41, 5.74) is 9.03. The SMILES string of the molecule is Cc1nc(N)[nH]c(=O)c1CCCNc1ccc(CCC2(CCl)OCCO2)cc1. The molecule has 0 aliphatic carbocycles. The molecular formula is C20H27ClN4O3. The molecule has 1 aromatic heterocycles. The van der Waals surface area contributed by atoms with Crippen LogP contribution in [0.3, 0.4) is 0 Å². The van der Waals surface area contributed by atoms with E-state index in [1.54, 1.807) is 0 Å². The fourth-order valence-electron chi connectivity index (χ4n) is 3.33. The van der Waals surface area contributed by atoms with Crippen LogP contribution in [0, 0.1) is 6.92 Å². The van der Waals surface area contributed by atoms with Crippen molar-refractivity contribution in [3.63, 3.8) is 0 Å². The van der Waals surface area contributed by atoms with Gasteiger partial charge in [0.25, 0.3) is 5.56 Å². The van der Waals surface area contributed by atoms with E-state index in [1.807, 2.05) is 6.92 Å². The van der Waals surface area contributed by atoms with E-state index < -0.39 is 5.79 Å². The van der Waals surface area contributed by atoms with Gasteiger partial charge in [0.15, 0.2) is 5.79 Å². The molecule has 0 atom stereocenters. The van der Waals surface area contributed by atoms with E-state index in [-0.39, 0.29) is 11.5 Å². The van der Waals surface area contributed by atoms with Gasteiger partial charge in [-0.2, -0.15) is 0 Å². The van der Waals surface area contributed by atoms with Gasteiger partial charge in [0.1, 0.15) is 0 Å². The fourth-order valence-corrected chi connectivity index (χ4v) is 3.62. The number of halogens is 1. The highest BCUT2D eigenvalue weighted by molar-refractivity contribution is 6.18. The Morgan fingerprint density at radius 1 is 1.25 bits per heavy atom. The molecule has 2 aromatic rings. The molecule has 1 aromatic carbocycles. The van der Waals surface area contributed by atoms with Crippen LogP contribution in [0.1, 0.15) is 29.7 Å². The third kappa shape index (κ3) is 5.25. The number of H-pyrrole nitrogens is 1. The van der Waals surface area contributed by atoms with Gasteiger partial charge < -0.3 is 20.5 Å². The summed E-state index contributed by atoms with van der Waals surface area (Å²) in [6, 6.07) is 8.31. The number of anilines is 2. The lowest BCUT2D eigenvalue weighted by atomic mass is 10.0. The molecule has 8 heteroatoms. The number of rotatable bonds is 9. The van der Waals surface area contributed by atoms with Crippen molar-refractivity contribution in [3.05, 3.63) is 51.4 Å². The Kier molecular flexibility index (Phi) is 6.93. The summed E-state index contributed by atoms with van der Waals surface area (Å²) in [5.74, 6) is -0.128. The predicted molar refractivity (Wildman–Crippen MR) is 111 cm³/mol. The lowest BCUT2D eigenvalue weighted by molar-refractivity contribution is -0.143. The summed E-state index contributed by atoms with van der Waals surface area (Å²) in [7, 11) is 0. The van der Waals surface area contributed by atoms with Crippen LogP contribution in [0.15, 0.2) is 29.1 Å². The Morgan fingerprint density at radius 3 is 2.61 bits per heavy atom. The van der Waals surface area contributed by atoms with Crippen LogP contribution in [0.25, 0.3) is 0 Å². The van der Waals surface area contributed by atoms with Gasteiger partial charge in [-0.05, 0) is 43.9 Å². The van der Waals surface area contributed by atoms with E-state index in [1.165, 1.54) is 5.56 Å². The molecule has 7 nitrogen and oxygen atoms in total. The second kappa shape index (κ2) is 9.41. The summed E-state index contributed by atoms with van der Waals surface area (Å²) < 4.78 is 11.3. The van der Waals surface area contributed by atoms with Gasteiger partial charge in [-0.15, -0.1) is 11.6 Å². The third-order valence-electron chi connectivity index (χ3n) is 4.94. The molecule has 1 aliphatic rings. The summed E-state index contributed by atoms with van der Waals surface area (Å²) >= 11 is 6.01. The molecule has 1 saturated heterocycles. The van der Waals surface area contributed by atoms with E-state index >= 15 is 0 Å². The number of aromatic amines is 1. The molecule has 0 amide bonds. The molecule has 152 valence electrons. The van der Waals surface area contributed by atoms with Crippen molar-refractivity contribution in [2.24, 2.45) is 0 Å². The maximum atomic E-state index is 11.9. The Morgan fingerprint density at radius 2 is 1.96 bits per heavy atom. The molecule has 2 heterocycles. The Balaban J connectivity index is 1.44. The van der Waals surface area contributed by atoms with Gasteiger partial charge in [0.05, 0.1) is 19.1 Å². The maximum absolute atomic E-state index is 11.9. The standard InChI is InChI=1S/C20H27ClN4O3/c1-14-17(18(26)25-19(22)24-14)3-2-10-23-16-6-4-15(5-7-16)8-9-20(13-21)27-11-12-28-20/h4-7,23H,2-3,8-13H2,1H3,(H3,22,24,25,26). The van der Waals surface area contributed by atoms with E-state index in [0.29, 0.717) is 36.8 Å². The maximum Gasteiger partial charge on any atom is 0.255 e. The highest BCUT2D eigenvalue weighted by Crippen LogP contribution is 2.27. The van der Waals surface area contributed by atoms with Gasteiger partial charge in [-0.3, -0.25) is 9.78 Å². The highest BCUT2D eigenvalue weighted by Gasteiger charge is 2.35. The van der Waals surface area contributed by atoms with Crippen molar-refractivity contribution in [1.82, 2.24) is 9.97 Å². The van der Waals surface area contributed by atoms with Crippen molar-refractivity contribution >= 4 is 23.2 Å². The van der Waals surface area contributed by atoms with E-state index in [9.17, 15) is 4.79 Å². The zero-order valence-electron chi connectivity index (χ0n) is 16.1. The molecule has 0 unspecified atom stereocenters. The monoisotopic (exact) mass is 406 g/mol. The molecule has 0 bridgehead atoms. The van der Waals surface area contributed by atoms with Crippen LogP contribution in [0.4, 0.5) is 11.6 Å². The predicted octanol–water partition coefficient (Wildman–Crippen LogP) is 2.62. The summed E-state index contributed by atoms with van der Waals surface area (Å²) in [6.07, 6.45) is 3.07. The summed E-state index contributed by atoms with van der Waals surface area (Å²) in [5, 5.41) is 3.38. The second-order valence-electron chi connectivity index (χ2n) is 6.98. The van der Waals surface area contributed by atoms with Crippen LogP contribution in [0.5, 0.6) is 0 Å². The number of aromatic nitrogens is 2. The zero-order valence-corrected chi connectivity index (χ0v) is 16.8. The number of aryl methyl sites for hydroxylation is 2. The van der Waals surface area contributed by atoms with Crippen molar-refractivity contribution in [1.29, 1.82) is 0 Å². The first-order valence-corrected chi connectivity index (χ1v) is 10.1. The van der Waals surface area contributed by atoms with Gasteiger partial charge >= 0.3 is 0 Å². The van der Waals surface area contributed by atoms with Crippen LogP contribution in [-0.4, -0.2) is 41.4 Å². The Bertz CT molecular complexity index is 832. The first kappa shape index (κ1) is 20.6. The minimum Gasteiger partial charge on any atom is -0.385 e. The molecule has 1 fully saturated rings. The van der Waals surface area contributed by atoms with E-state index in [0.717, 1.165) is 31.5 Å². The fraction of sp³-hybridized carbons (Fsp3) is 0.500. The van der Waals surface area contributed by atoms with Gasteiger partial charge in [-0.25, -0.2) is 4.98 Å². The molecule has 0 saturated carbocycles. The Hall–Kier alpha value is -2.09. The topological polar surface area (TPSA) is 102 Å². The number of alkyl halides is 1. The van der Waals surface area contributed by atoms with Crippen molar-refractivity contribution in [2.75, 3.05) is 36.7 Å². The number of benzene rings is 1. The summed E-state index contributed by atoms with van der Waals surface area (Å²) in [6.45, 7) is 3.78. The molecular weight excluding hydrogens is 380 g/mol. The zero-order chi connectivity index (χ0) is 20.0. The van der Waals surface area contributed by atoms with Gasteiger partial charge in [-0.1, -0.05) is 12.1 Å². The van der Waals surface area contributed by atoms with Gasteiger partial charge in [0.2, 0.25) is 5.95 Å². The first-order chi connectivity index (χ1) is 13.5. The van der Waals surface area contributed by atoms with Crippen molar-refractivity contribution < 1.29 is 9.47 Å². The minimum absolute atomic E-state index is 0.153. The number of nitrogens with two attached hydrogens (primary N) is 1. The van der Waals surface area contributed by atoms with Crippen LogP contribution in [0.2, 0.25) is 0 Å². The number of nitrogens with one attached hydrogen (secondary N) is 2. The number of nitrogens with zero attached hydrogens (tertiary/aromatic N) is 1. The number of nitrogen functional groups attached to an aromatic ring is 1. The normalized spacial score (nSPS) is 15.6. The van der Waals surface area contributed by atoms with Gasteiger partial charge in [0, 0.05) is 29.9 Å². The lowest BCUT2D eigenvalue weighted by Crippen LogP contribution is -2.32. The first-order valence-electron chi connectivity index (χ1n) is 9.53. The smallest absolute Gasteiger partial charge is 0.255 e. The number of hydrogen-bond acceptors (Lipinski definition) is 6. The van der Waals surface area contributed by atoms with Crippen molar-refractivity contribution in [2.45, 2.75) is 38.4 Å². The van der Waals surface area contributed by atoms with E-state index in [4.69, 9.17) is 26.8 Å². The molecule has 4 N–H and O–H groups in total. The second-order valence-corrected chi connectivity index (χ2v) is 7.25. The van der Waals surface area contributed by atoms with Crippen LogP contribution < -0.4 is 16.6 Å². The van der Waals surface area contributed by atoms with Crippen LogP contribution in [-0.2, 0) is 22.3 Å². The van der Waals surface area contributed by atoms with Crippen molar-refractivity contribution in [3.8, 4) is 0 Å². The molecule has 0 radical (unpaired) electrons.